The van der Waals surface area contributed by atoms with Gasteiger partial charge in [-0.3, -0.25) is 13.9 Å². The Morgan fingerprint density at radius 1 is 1.03 bits per heavy atom. The van der Waals surface area contributed by atoms with Crippen LogP contribution < -0.4 is 9.62 Å². The zero-order valence-corrected chi connectivity index (χ0v) is 21.1. The SMILES string of the molecule is CC[C@@H](C(=O)NC(C)C)N(CCc1ccccc1)C(=O)CN(c1ccc(Cl)cc1)S(C)(=O)=O. The average Bonchev–Trinajstić information content (AvgIpc) is 2.75. The Bertz CT molecular complexity index is 1030. The van der Waals surface area contributed by atoms with Crippen molar-refractivity contribution in [3.05, 3.63) is 65.2 Å². The van der Waals surface area contributed by atoms with E-state index in [4.69, 9.17) is 11.6 Å². The van der Waals surface area contributed by atoms with E-state index >= 15 is 0 Å². The highest BCUT2D eigenvalue weighted by molar-refractivity contribution is 7.92. The summed E-state index contributed by atoms with van der Waals surface area (Å²) in [5.41, 5.74) is 1.35. The van der Waals surface area contributed by atoms with E-state index < -0.39 is 28.5 Å². The molecule has 9 heteroatoms. The van der Waals surface area contributed by atoms with Crippen molar-refractivity contribution in [2.45, 2.75) is 45.7 Å². The molecule has 1 atom stereocenters. The second-order valence-electron chi connectivity index (χ2n) is 8.16. The fourth-order valence-corrected chi connectivity index (χ4v) is 4.47. The first-order valence-electron chi connectivity index (χ1n) is 10.9. The Labute approximate surface area is 201 Å². The number of sulfonamides is 1. The van der Waals surface area contributed by atoms with Crippen molar-refractivity contribution in [3.8, 4) is 0 Å². The number of amides is 2. The number of halogens is 1. The van der Waals surface area contributed by atoms with Gasteiger partial charge >= 0.3 is 0 Å². The first-order valence-corrected chi connectivity index (χ1v) is 13.1. The first kappa shape index (κ1) is 26.7. The van der Waals surface area contributed by atoms with Crippen molar-refractivity contribution >= 4 is 39.1 Å². The molecule has 0 radical (unpaired) electrons. The summed E-state index contributed by atoms with van der Waals surface area (Å²) in [5.74, 6) is -0.705. The third-order valence-corrected chi connectivity index (χ3v) is 6.49. The molecule has 0 aromatic heterocycles. The third kappa shape index (κ3) is 8.05. The minimum atomic E-state index is -3.76. The molecule has 0 aliphatic heterocycles. The maximum absolute atomic E-state index is 13.5. The maximum Gasteiger partial charge on any atom is 0.244 e. The van der Waals surface area contributed by atoms with E-state index in [1.165, 1.54) is 4.90 Å². The minimum absolute atomic E-state index is 0.0841. The van der Waals surface area contributed by atoms with Crippen LogP contribution in [-0.4, -0.2) is 56.6 Å². The lowest BCUT2D eigenvalue weighted by Gasteiger charge is -2.33. The molecule has 0 saturated carbocycles. The molecule has 2 aromatic rings. The Morgan fingerprint density at radius 2 is 1.64 bits per heavy atom. The molecule has 33 heavy (non-hydrogen) atoms. The van der Waals surface area contributed by atoms with Gasteiger partial charge in [0.15, 0.2) is 0 Å². The highest BCUT2D eigenvalue weighted by atomic mass is 35.5. The molecule has 1 N–H and O–H groups in total. The average molecular weight is 494 g/mol. The molecule has 0 aliphatic carbocycles. The van der Waals surface area contributed by atoms with Crippen molar-refractivity contribution < 1.29 is 18.0 Å². The van der Waals surface area contributed by atoms with Gasteiger partial charge < -0.3 is 10.2 Å². The molecule has 0 fully saturated rings. The first-order chi connectivity index (χ1) is 15.5. The van der Waals surface area contributed by atoms with Crippen LogP contribution in [0, 0.1) is 0 Å². The van der Waals surface area contributed by atoms with Crippen LogP contribution in [0.25, 0.3) is 0 Å². The lowest BCUT2D eigenvalue weighted by molar-refractivity contribution is -0.139. The van der Waals surface area contributed by atoms with E-state index in [1.54, 1.807) is 24.3 Å². The molecule has 7 nitrogen and oxygen atoms in total. The number of anilines is 1. The maximum atomic E-state index is 13.5. The number of carbonyl (C=O) groups is 2. The summed E-state index contributed by atoms with van der Waals surface area (Å²) < 4.78 is 26.1. The van der Waals surface area contributed by atoms with Gasteiger partial charge in [0.05, 0.1) is 11.9 Å². The van der Waals surface area contributed by atoms with Crippen LogP contribution in [0.3, 0.4) is 0 Å². The second kappa shape index (κ2) is 12.0. The van der Waals surface area contributed by atoms with Crippen molar-refractivity contribution in [2.24, 2.45) is 0 Å². The van der Waals surface area contributed by atoms with E-state index in [0.717, 1.165) is 16.1 Å². The van der Waals surface area contributed by atoms with E-state index in [1.807, 2.05) is 51.1 Å². The van der Waals surface area contributed by atoms with Crippen LogP contribution in [0.15, 0.2) is 54.6 Å². The zero-order chi connectivity index (χ0) is 24.6. The number of hydrogen-bond donors (Lipinski definition) is 1. The predicted octanol–water partition coefficient (Wildman–Crippen LogP) is 3.48. The van der Waals surface area contributed by atoms with Crippen LogP contribution in [0.1, 0.15) is 32.8 Å². The van der Waals surface area contributed by atoms with Crippen molar-refractivity contribution in [3.63, 3.8) is 0 Å². The summed E-state index contributed by atoms with van der Waals surface area (Å²) in [6, 6.07) is 15.1. The molecule has 0 spiro atoms. The summed E-state index contributed by atoms with van der Waals surface area (Å²) in [7, 11) is -3.76. The molecule has 0 saturated heterocycles. The molecule has 0 aliphatic rings. The van der Waals surface area contributed by atoms with Crippen molar-refractivity contribution in [2.75, 3.05) is 23.7 Å². The monoisotopic (exact) mass is 493 g/mol. The van der Waals surface area contributed by atoms with Gasteiger partial charge in [-0.05, 0) is 56.5 Å². The highest BCUT2D eigenvalue weighted by Crippen LogP contribution is 2.21. The number of nitrogens with one attached hydrogen (secondary N) is 1. The van der Waals surface area contributed by atoms with Gasteiger partial charge in [0.2, 0.25) is 21.8 Å². The lowest BCUT2D eigenvalue weighted by Crippen LogP contribution is -2.54. The van der Waals surface area contributed by atoms with Crippen molar-refractivity contribution in [1.82, 2.24) is 10.2 Å². The van der Waals surface area contributed by atoms with Gasteiger partial charge in [0.1, 0.15) is 12.6 Å². The molecular weight excluding hydrogens is 462 g/mol. The Hall–Kier alpha value is -2.58. The van der Waals surface area contributed by atoms with Crippen LogP contribution >= 0.6 is 11.6 Å². The lowest BCUT2D eigenvalue weighted by atomic mass is 10.1. The number of rotatable bonds is 11. The number of benzene rings is 2. The molecule has 2 aromatic carbocycles. The Kier molecular flexibility index (Phi) is 9.73. The van der Waals surface area contributed by atoms with Crippen LogP contribution in [-0.2, 0) is 26.0 Å². The second-order valence-corrected chi connectivity index (χ2v) is 10.5. The Balaban J connectivity index is 2.34. The van der Waals surface area contributed by atoms with E-state index in [2.05, 4.69) is 5.32 Å². The van der Waals surface area contributed by atoms with Gasteiger partial charge in [-0.25, -0.2) is 8.42 Å². The quantitative estimate of drug-likeness (QED) is 0.519. The molecule has 0 heterocycles. The fraction of sp³-hybridized carbons (Fsp3) is 0.417. The van der Waals surface area contributed by atoms with Gasteiger partial charge in [0, 0.05) is 17.6 Å². The summed E-state index contributed by atoms with van der Waals surface area (Å²) in [6.07, 6.45) is 1.99. The highest BCUT2D eigenvalue weighted by Gasteiger charge is 2.31. The van der Waals surface area contributed by atoms with Gasteiger partial charge in [-0.1, -0.05) is 48.9 Å². The Morgan fingerprint density at radius 3 is 2.15 bits per heavy atom. The molecule has 0 unspecified atom stereocenters. The fourth-order valence-electron chi connectivity index (χ4n) is 3.50. The molecule has 180 valence electrons. The summed E-state index contributed by atoms with van der Waals surface area (Å²) in [5, 5.41) is 3.33. The van der Waals surface area contributed by atoms with Gasteiger partial charge in [0.25, 0.3) is 0 Å². The largest absolute Gasteiger partial charge is 0.352 e. The third-order valence-electron chi connectivity index (χ3n) is 5.09. The standard InChI is InChI=1S/C24H32ClN3O4S/c1-5-22(24(30)26-18(2)3)27(16-15-19-9-7-6-8-10-19)23(29)17-28(33(4,31)32)21-13-11-20(25)12-14-21/h6-14,18,22H,5,15-17H2,1-4H3,(H,26,30)/t22-/m0/s1. The topological polar surface area (TPSA) is 86.8 Å². The van der Waals surface area contributed by atoms with Crippen LogP contribution in [0.2, 0.25) is 5.02 Å². The van der Waals surface area contributed by atoms with E-state index in [9.17, 15) is 18.0 Å². The van der Waals surface area contributed by atoms with Crippen molar-refractivity contribution in [1.29, 1.82) is 0 Å². The summed E-state index contributed by atoms with van der Waals surface area (Å²) >= 11 is 5.94. The summed E-state index contributed by atoms with van der Waals surface area (Å²) in [4.78, 5) is 27.8. The smallest absolute Gasteiger partial charge is 0.244 e. The van der Waals surface area contributed by atoms with Crippen LogP contribution in [0.4, 0.5) is 5.69 Å². The molecular formula is C24H32ClN3O4S. The normalized spacial score (nSPS) is 12.3. The van der Waals surface area contributed by atoms with E-state index in [-0.39, 0.29) is 18.5 Å². The molecule has 2 amide bonds. The van der Waals surface area contributed by atoms with Gasteiger partial charge in [-0.2, -0.15) is 0 Å². The summed E-state index contributed by atoms with van der Waals surface area (Å²) in [6.45, 7) is 5.41. The van der Waals surface area contributed by atoms with E-state index in [0.29, 0.717) is 23.6 Å². The molecule has 0 bridgehead atoms. The number of carbonyl (C=O) groups excluding carboxylic acids is 2. The molecule has 2 rings (SSSR count). The minimum Gasteiger partial charge on any atom is -0.352 e. The van der Waals surface area contributed by atoms with Gasteiger partial charge in [-0.15, -0.1) is 0 Å². The van der Waals surface area contributed by atoms with Crippen LogP contribution in [0.5, 0.6) is 0 Å². The predicted molar refractivity (Wildman–Crippen MR) is 133 cm³/mol. The number of nitrogens with zero attached hydrogens (tertiary/aromatic N) is 2. The number of hydrogen-bond acceptors (Lipinski definition) is 4. The zero-order valence-electron chi connectivity index (χ0n) is 19.5.